The zero-order valence-electron chi connectivity index (χ0n) is 6.96. The fourth-order valence-electron chi connectivity index (χ4n) is 1.29. The van der Waals surface area contributed by atoms with E-state index in [1.807, 2.05) is 6.07 Å². The first-order valence-electron chi connectivity index (χ1n) is 3.86. The molecule has 0 amide bonds. The third-order valence-electron chi connectivity index (χ3n) is 1.90. The Labute approximate surface area is 84.6 Å². The second-order valence-electron chi connectivity index (χ2n) is 2.77. The summed E-state index contributed by atoms with van der Waals surface area (Å²) in [7, 11) is 0. The topological polar surface area (TPSA) is 36.7 Å². The SMILES string of the molecule is N#Cc1cc(F)c2c(Cl)nccc2c1. The first-order valence-corrected chi connectivity index (χ1v) is 4.24. The quantitative estimate of drug-likeness (QED) is 0.622. The van der Waals surface area contributed by atoms with Crippen LogP contribution >= 0.6 is 11.6 Å². The molecule has 1 heterocycles. The van der Waals surface area contributed by atoms with Crippen LogP contribution in [0.15, 0.2) is 24.4 Å². The Balaban J connectivity index is 2.91. The van der Waals surface area contributed by atoms with Crippen LogP contribution < -0.4 is 0 Å². The predicted molar refractivity (Wildman–Crippen MR) is 51.4 cm³/mol. The first-order chi connectivity index (χ1) is 6.72. The van der Waals surface area contributed by atoms with E-state index in [2.05, 4.69) is 4.98 Å². The highest BCUT2D eigenvalue weighted by Crippen LogP contribution is 2.25. The number of hydrogen-bond acceptors (Lipinski definition) is 2. The van der Waals surface area contributed by atoms with E-state index in [4.69, 9.17) is 16.9 Å². The highest BCUT2D eigenvalue weighted by Gasteiger charge is 2.07. The molecule has 0 unspecified atom stereocenters. The number of halogens is 2. The van der Waals surface area contributed by atoms with Crippen molar-refractivity contribution in [3.8, 4) is 6.07 Å². The fraction of sp³-hybridized carbons (Fsp3) is 0. The van der Waals surface area contributed by atoms with Crippen molar-refractivity contribution in [1.29, 1.82) is 5.26 Å². The summed E-state index contributed by atoms with van der Waals surface area (Å²) >= 11 is 5.72. The van der Waals surface area contributed by atoms with Crippen LogP contribution in [0.1, 0.15) is 5.56 Å². The number of benzene rings is 1. The average molecular weight is 207 g/mol. The Bertz CT molecular complexity index is 546. The van der Waals surface area contributed by atoms with Crippen LogP contribution in [0.2, 0.25) is 5.15 Å². The van der Waals surface area contributed by atoms with Crippen molar-refractivity contribution in [1.82, 2.24) is 4.98 Å². The lowest BCUT2D eigenvalue weighted by Crippen LogP contribution is -1.86. The first kappa shape index (κ1) is 8.92. The van der Waals surface area contributed by atoms with Crippen molar-refractivity contribution >= 4 is 22.4 Å². The summed E-state index contributed by atoms with van der Waals surface area (Å²) in [6.07, 6.45) is 1.48. The highest BCUT2D eigenvalue weighted by molar-refractivity contribution is 6.34. The largest absolute Gasteiger partial charge is 0.244 e. The van der Waals surface area contributed by atoms with Gasteiger partial charge in [0.05, 0.1) is 17.0 Å². The molecule has 0 bridgehead atoms. The molecule has 0 aliphatic heterocycles. The molecule has 68 valence electrons. The third kappa shape index (κ3) is 1.30. The van der Waals surface area contributed by atoms with Crippen LogP contribution in [-0.2, 0) is 0 Å². The maximum absolute atomic E-state index is 13.4. The van der Waals surface area contributed by atoms with Crippen molar-refractivity contribution in [2.75, 3.05) is 0 Å². The molecule has 14 heavy (non-hydrogen) atoms. The average Bonchev–Trinajstić information content (AvgIpc) is 2.17. The van der Waals surface area contributed by atoms with Gasteiger partial charge in [-0.1, -0.05) is 11.6 Å². The van der Waals surface area contributed by atoms with Gasteiger partial charge in [0, 0.05) is 6.20 Å². The monoisotopic (exact) mass is 206 g/mol. The minimum Gasteiger partial charge on any atom is -0.244 e. The van der Waals surface area contributed by atoms with Gasteiger partial charge in [0.2, 0.25) is 0 Å². The molecule has 1 aromatic heterocycles. The molecular formula is C10H4ClFN2. The van der Waals surface area contributed by atoms with E-state index < -0.39 is 5.82 Å². The predicted octanol–water partition coefficient (Wildman–Crippen LogP) is 2.90. The lowest BCUT2D eigenvalue weighted by Gasteiger charge is -2.01. The Kier molecular flexibility index (Phi) is 2.06. The van der Waals surface area contributed by atoms with Gasteiger partial charge in [0.15, 0.2) is 0 Å². The lowest BCUT2D eigenvalue weighted by atomic mass is 10.1. The molecule has 2 rings (SSSR count). The normalized spacial score (nSPS) is 10.1. The van der Waals surface area contributed by atoms with Crippen molar-refractivity contribution in [2.45, 2.75) is 0 Å². The molecule has 0 N–H and O–H groups in total. The molecule has 0 atom stereocenters. The van der Waals surface area contributed by atoms with Crippen LogP contribution in [0.4, 0.5) is 4.39 Å². The summed E-state index contributed by atoms with van der Waals surface area (Å²) in [6, 6.07) is 6.22. The van der Waals surface area contributed by atoms with Gasteiger partial charge in [0.1, 0.15) is 11.0 Å². The number of aromatic nitrogens is 1. The Morgan fingerprint density at radius 3 is 2.93 bits per heavy atom. The van der Waals surface area contributed by atoms with Gasteiger partial charge in [-0.15, -0.1) is 0 Å². The lowest BCUT2D eigenvalue weighted by molar-refractivity contribution is 0.639. The van der Waals surface area contributed by atoms with Crippen LogP contribution in [0.3, 0.4) is 0 Å². The Hall–Kier alpha value is -1.66. The Morgan fingerprint density at radius 2 is 2.21 bits per heavy atom. The highest BCUT2D eigenvalue weighted by atomic mass is 35.5. The van der Waals surface area contributed by atoms with E-state index >= 15 is 0 Å². The number of nitrogens with zero attached hydrogens (tertiary/aromatic N) is 2. The van der Waals surface area contributed by atoms with Gasteiger partial charge >= 0.3 is 0 Å². The maximum atomic E-state index is 13.4. The summed E-state index contributed by atoms with van der Waals surface area (Å²) in [5.41, 5.74) is 0.275. The molecule has 0 fully saturated rings. The van der Waals surface area contributed by atoms with Crippen LogP contribution in [-0.4, -0.2) is 4.98 Å². The van der Waals surface area contributed by atoms with Crippen LogP contribution in [0, 0.1) is 17.1 Å². The van der Waals surface area contributed by atoms with Crippen molar-refractivity contribution in [2.24, 2.45) is 0 Å². The van der Waals surface area contributed by atoms with E-state index in [1.54, 1.807) is 12.1 Å². The maximum Gasteiger partial charge on any atom is 0.139 e. The zero-order valence-corrected chi connectivity index (χ0v) is 7.72. The van der Waals surface area contributed by atoms with Gasteiger partial charge in [-0.05, 0) is 23.6 Å². The van der Waals surface area contributed by atoms with Gasteiger partial charge in [-0.3, -0.25) is 0 Å². The smallest absolute Gasteiger partial charge is 0.139 e. The number of fused-ring (bicyclic) bond motifs is 1. The Morgan fingerprint density at radius 1 is 1.43 bits per heavy atom. The summed E-state index contributed by atoms with van der Waals surface area (Å²) in [4.78, 5) is 3.77. The van der Waals surface area contributed by atoms with E-state index in [1.165, 1.54) is 6.20 Å². The summed E-state index contributed by atoms with van der Waals surface area (Å²) in [6.45, 7) is 0. The molecule has 1 aromatic carbocycles. The van der Waals surface area contributed by atoms with Crippen molar-refractivity contribution < 1.29 is 4.39 Å². The van der Waals surface area contributed by atoms with E-state index in [9.17, 15) is 4.39 Å². The van der Waals surface area contributed by atoms with Gasteiger partial charge < -0.3 is 0 Å². The molecule has 2 nitrogen and oxygen atoms in total. The van der Waals surface area contributed by atoms with Gasteiger partial charge in [0.25, 0.3) is 0 Å². The van der Waals surface area contributed by atoms with Crippen molar-refractivity contribution in [3.63, 3.8) is 0 Å². The molecule has 0 saturated heterocycles. The standard InChI is InChI=1S/C10H4ClFN2/c11-10-9-7(1-2-14-10)3-6(5-13)4-8(9)12/h1-4H. The van der Waals surface area contributed by atoms with Gasteiger partial charge in [-0.25, -0.2) is 9.37 Å². The number of rotatable bonds is 0. The molecular weight excluding hydrogens is 203 g/mol. The van der Waals surface area contributed by atoms with E-state index in [0.29, 0.717) is 5.39 Å². The molecule has 0 spiro atoms. The number of nitriles is 1. The molecule has 0 aliphatic carbocycles. The second-order valence-corrected chi connectivity index (χ2v) is 3.13. The van der Waals surface area contributed by atoms with Crippen molar-refractivity contribution in [3.05, 3.63) is 40.9 Å². The fourth-order valence-corrected chi connectivity index (χ4v) is 1.54. The molecule has 0 saturated carbocycles. The number of hydrogen-bond donors (Lipinski definition) is 0. The van der Waals surface area contributed by atoms with Crippen LogP contribution in [0.25, 0.3) is 10.8 Å². The van der Waals surface area contributed by atoms with E-state index in [-0.39, 0.29) is 16.1 Å². The summed E-state index contributed by atoms with van der Waals surface area (Å²) < 4.78 is 13.4. The summed E-state index contributed by atoms with van der Waals surface area (Å²) in [5.74, 6) is -0.517. The van der Waals surface area contributed by atoms with E-state index in [0.717, 1.165) is 6.07 Å². The third-order valence-corrected chi connectivity index (χ3v) is 2.18. The second kappa shape index (κ2) is 3.24. The molecule has 0 radical (unpaired) electrons. The molecule has 2 aromatic rings. The molecule has 0 aliphatic rings. The van der Waals surface area contributed by atoms with Gasteiger partial charge in [-0.2, -0.15) is 5.26 Å². The zero-order chi connectivity index (χ0) is 10.1. The minimum absolute atomic E-state index is 0.115. The summed E-state index contributed by atoms with van der Waals surface area (Å²) in [5, 5.41) is 9.58. The van der Waals surface area contributed by atoms with Crippen LogP contribution in [0.5, 0.6) is 0 Å². The minimum atomic E-state index is -0.517. The number of pyridine rings is 1. The molecule has 4 heteroatoms.